The Morgan fingerprint density at radius 2 is 2.14 bits per heavy atom. The van der Waals surface area contributed by atoms with Gasteiger partial charge >= 0.3 is 0 Å². The number of nitrogen functional groups attached to an aromatic ring is 1. The molecule has 0 aromatic carbocycles. The molecule has 1 aliphatic heterocycles. The molecule has 0 aliphatic carbocycles. The Hall–Kier alpha value is -2.47. The standard InChI is InChI=1S/C15H16N5O/c16-7-10-8-20(9-10)13-5-1-4-12(19-13)14(21)11-3-2-6-18-15(11)17/h1-6,10,16H,7-9H2,(H2,17,18). The quantitative estimate of drug-likeness (QED) is 0.844. The number of hydrogen-bond acceptors (Lipinski definition) is 5. The molecule has 0 bridgehead atoms. The van der Waals surface area contributed by atoms with Crippen molar-refractivity contribution in [1.29, 1.82) is 0 Å². The predicted molar refractivity (Wildman–Crippen MR) is 80.0 cm³/mol. The molecular formula is C15H16N5O. The molecule has 0 saturated carbocycles. The van der Waals surface area contributed by atoms with Gasteiger partial charge in [-0.1, -0.05) is 6.07 Å². The van der Waals surface area contributed by atoms with Crippen molar-refractivity contribution in [2.45, 2.75) is 0 Å². The smallest absolute Gasteiger partial charge is 0.215 e. The van der Waals surface area contributed by atoms with E-state index in [0.29, 0.717) is 23.7 Å². The first kappa shape index (κ1) is 13.5. The van der Waals surface area contributed by atoms with Crippen molar-refractivity contribution in [2.75, 3.05) is 30.3 Å². The summed E-state index contributed by atoms with van der Waals surface area (Å²) >= 11 is 0. The third-order valence-corrected chi connectivity index (χ3v) is 3.62. The number of ketones is 1. The first-order valence-corrected chi connectivity index (χ1v) is 6.81. The van der Waals surface area contributed by atoms with Crippen molar-refractivity contribution in [3.05, 3.63) is 47.8 Å². The van der Waals surface area contributed by atoms with Crippen LogP contribution in [-0.4, -0.2) is 35.4 Å². The van der Waals surface area contributed by atoms with Crippen LogP contribution < -0.4 is 16.4 Å². The van der Waals surface area contributed by atoms with Gasteiger partial charge in [0.15, 0.2) is 0 Å². The van der Waals surface area contributed by atoms with Gasteiger partial charge in [0, 0.05) is 31.7 Å². The maximum atomic E-state index is 12.4. The number of hydrogen-bond donors (Lipinski definition) is 1. The fourth-order valence-electron chi connectivity index (χ4n) is 2.36. The molecule has 3 N–H and O–H groups in total. The third-order valence-electron chi connectivity index (χ3n) is 3.62. The van der Waals surface area contributed by atoms with E-state index in [0.717, 1.165) is 18.9 Å². The average Bonchev–Trinajstić information content (AvgIpc) is 2.46. The molecule has 3 rings (SSSR count). The maximum Gasteiger partial charge on any atom is 0.215 e. The molecule has 107 valence electrons. The van der Waals surface area contributed by atoms with Gasteiger partial charge in [-0.15, -0.1) is 0 Å². The van der Waals surface area contributed by atoms with Crippen molar-refractivity contribution >= 4 is 17.4 Å². The van der Waals surface area contributed by atoms with Gasteiger partial charge in [-0.25, -0.2) is 9.97 Å². The van der Waals surface area contributed by atoms with Crippen molar-refractivity contribution < 1.29 is 4.79 Å². The summed E-state index contributed by atoms with van der Waals surface area (Å²) in [6.07, 6.45) is 1.55. The highest BCUT2D eigenvalue weighted by atomic mass is 16.1. The summed E-state index contributed by atoms with van der Waals surface area (Å²) in [6.45, 7) is 2.08. The normalized spacial score (nSPS) is 14.8. The summed E-state index contributed by atoms with van der Waals surface area (Å²) in [7, 11) is 0. The molecule has 21 heavy (non-hydrogen) atoms. The second kappa shape index (κ2) is 5.49. The number of nitrogens with one attached hydrogen (secondary N) is 1. The van der Waals surface area contributed by atoms with E-state index in [-0.39, 0.29) is 11.6 Å². The predicted octanol–water partition coefficient (Wildman–Crippen LogP) is 1.01. The monoisotopic (exact) mass is 282 g/mol. The van der Waals surface area contributed by atoms with Gasteiger partial charge in [-0.2, -0.15) is 0 Å². The highest BCUT2D eigenvalue weighted by Crippen LogP contribution is 2.23. The first-order valence-electron chi connectivity index (χ1n) is 6.81. The minimum Gasteiger partial charge on any atom is -0.383 e. The van der Waals surface area contributed by atoms with E-state index in [1.54, 1.807) is 24.4 Å². The van der Waals surface area contributed by atoms with Crippen LogP contribution in [0.25, 0.3) is 0 Å². The van der Waals surface area contributed by atoms with Crippen LogP contribution in [-0.2, 0) is 0 Å². The Balaban J connectivity index is 1.83. The van der Waals surface area contributed by atoms with Crippen LogP contribution in [0.3, 0.4) is 0 Å². The summed E-state index contributed by atoms with van der Waals surface area (Å²) < 4.78 is 0. The molecule has 0 unspecified atom stereocenters. The zero-order chi connectivity index (χ0) is 14.8. The Morgan fingerprint density at radius 1 is 1.33 bits per heavy atom. The highest BCUT2D eigenvalue weighted by Gasteiger charge is 2.27. The largest absolute Gasteiger partial charge is 0.383 e. The molecule has 1 aliphatic rings. The highest BCUT2D eigenvalue weighted by molar-refractivity contribution is 6.10. The van der Waals surface area contributed by atoms with Crippen LogP contribution in [0.15, 0.2) is 36.5 Å². The lowest BCUT2D eigenvalue weighted by atomic mass is 10.0. The molecule has 6 heteroatoms. The number of aromatic nitrogens is 2. The van der Waals surface area contributed by atoms with E-state index in [1.807, 2.05) is 12.1 Å². The van der Waals surface area contributed by atoms with Crippen molar-refractivity contribution in [1.82, 2.24) is 15.7 Å². The zero-order valence-electron chi connectivity index (χ0n) is 11.5. The molecule has 0 spiro atoms. The number of carbonyl (C=O) groups excluding carboxylic acids is 1. The summed E-state index contributed by atoms with van der Waals surface area (Å²) in [5.41, 5.74) is 13.8. The van der Waals surface area contributed by atoms with Crippen LogP contribution in [0, 0.1) is 5.92 Å². The molecule has 1 fully saturated rings. The Bertz CT molecular complexity index is 667. The fourth-order valence-corrected chi connectivity index (χ4v) is 2.36. The van der Waals surface area contributed by atoms with E-state index < -0.39 is 0 Å². The zero-order valence-corrected chi connectivity index (χ0v) is 11.5. The Kier molecular flexibility index (Phi) is 3.53. The lowest BCUT2D eigenvalue weighted by Gasteiger charge is -2.39. The molecular weight excluding hydrogens is 266 g/mol. The molecule has 1 radical (unpaired) electrons. The lowest BCUT2D eigenvalue weighted by molar-refractivity contribution is 0.103. The number of carbonyl (C=O) groups is 1. The molecule has 2 aromatic heterocycles. The first-order chi connectivity index (χ1) is 10.2. The molecule has 0 atom stereocenters. The van der Waals surface area contributed by atoms with E-state index in [2.05, 4.69) is 14.9 Å². The minimum atomic E-state index is -0.222. The molecule has 6 nitrogen and oxygen atoms in total. The SMILES string of the molecule is [NH]CC1CN(c2cccc(C(=O)c3cccnc3N)n2)C1. The summed E-state index contributed by atoms with van der Waals surface area (Å²) in [4.78, 5) is 22.9. The van der Waals surface area contributed by atoms with Gasteiger partial charge in [-0.05, 0) is 24.3 Å². The van der Waals surface area contributed by atoms with E-state index in [1.165, 1.54) is 0 Å². The van der Waals surface area contributed by atoms with Crippen molar-refractivity contribution in [3.63, 3.8) is 0 Å². The van der Waals surface area contributed by atoms with Gasteiger partial charge in [0.25, 0.3) is 0 Å². The summed E-state index contributed by atoms with van der Waals surface area (Å²) in [5, 5.41) is 0. The number of nitrogens with zero attached hydrogens (tertiary/aromatic N) is 3. The van der Waals surface area contributed by atoms with Crippen molar-refractivity contribution in [2.24, 2.45) is 5.92 Å². The van der Waals surface area contributed by atoms with Crippen LogP contribution in [0.5, 0.6) is 0 Å². The Morgan fingerprint density at radius 3 is 2.86 bits per heavy atom. The number of rotatable bonds is 4. The van der Waals surface area contributed by atoms with Gasteiger partial charge in [-0.3, -0.25) is 10.5 Å². The lowest BCUT2D eigenvalue weighted by Crippen LogP contribution is -2.49. The second-order valence-electron chi connectivity index (χ2n) is 5.12. The van der Waals surface area contributed by atoms with Gasteiger partial charge < -0.3 is 10.6 Å². The van der Waals surface area contributed by atoms with E-state index in [9.17, 15) is 4.79 Å². The second-order valence-corrected chi connectivity index (χ2v) is 5.12. The molecule has 3 heterocycles. The maximum absolute atomic E-state index is 12.4. The fraction of sp³-hybridized carbons (Fsp3) is 0.267. The van der Waals surface area contributed by atoms with Crippen LogP contribution in [0.4, 0.5) is 11.6 Å². The Labute approximate surface area is 122 Å². The third kappa shape index (κ3) is 2.57. The van der Waals surface area contributed by atoms with Crippen molar-refractivity contribution in [3.8, 4) is 0 Å². The molecule has 1 saturated heterocycles. The van der Waals surface area contributed by atoms with Crippen LogP contribution >= 0.6 is 0 Å². The summed E-state index contributed by atoms with van der Waals surface area (Å²) in [5.74, 6) is 1.17. The van der Waals surface area contributed by atoms with Gasteiger partial charge in [0.2, 0.25) is 5.78 Å². The van der Waals surface area contributed by atoms with Gasteiger partial charge in [0.05, 0.1) is 5.56 Å². The van der Waals surface area contributed by atoms with E-state index >= 15 is 0 Å². The molecule has 0 amide bonds. The average molecular weight is 282 g/mol. The van der Waals surface area contributed by atoms with Crippen LogP contribution in [0.2, 0.25) is 0 Å². The summed E-state index contributed by atoms with van der Waals surface area (Å²) in [6, 6.07) is 8.71. The van der Waals surface area contributed by atoms with Crippen LogP contribution in [0.1, 0.15) is 16.1 Å². The topological polar surface area (TPSA) is 95.9 Å². The minimum absolute atomic E-state index is 0.216. The number of anilines is 2. The van der Waals surface area contributed by atoms with E-state index in [4.69, 9.17) is 11.5 Å². The molecule has 2 aromatic rings. The number of nitrogens with two attached hydrogens (primary N) is 1. The number of pyridine rings is 2. The van der Waals surface area contributed by atoms with Gasteiger partial charge in [0.1, 0.15) is 17.3 Å².